The molecule has 0 nitrogen and oxygen atoms in total. The van der Waals surface area contributed by atoms with E-state index in [1.807, 2.05) is 0 Å². The number of hydrogen-bond donors (Lipinski definition) is 0. The summed E-state index contributed by atoms with van der Waals surface area (Å²) in [4.78, 5) is 0. The highest BCUT2D eigenvalue weighted by atomic mass is 14.4. The Balaban J connectivity index is 2.24. The van der Waals surface area contributed by atoms with Crippen LogP contribution in [0, 0.1) is 17.8 Å². The Bertz CT molecular complexity index is 101. The van der Waals surface area contributed by atoms with E-state index in [1.165, 1.54) is 6.42 Å². The van der Waals surface area contributed by atoms with Crippen LogP contribution in [-0.2, 0) is 0 Å². The molecule has 0 aromatic heterocycles. The molecular weight excluding hydrogens is 84.1 g/mol. The van der Waals surface area contributed by atoms with E-state index in [4.69, 9.17) is 0 Å². The van der Waals surface area contributed by atoms with Gasteiger partial charge < -0.3 is 0 Å². The van der Waals surface area contributed by atoms with E-state index in [2.05, 4.69) is 19.1 Å². The lowest BCUT2D eigenvalue weighted by Gasteiger charge is -2.32. The molecule has 0 amide bonds. The number of hydrogen-bond acceptors (Lipinski definition) is 0. The fraction of sp³-hybridized carbons (Fsp3) is 0.714. The van der Waals surface area contributed by atoms with Gasteiger partial charge in [0, 0.05) is 0 Å². The Hall–Kier alpha value is -0.260. The van der Waals surface area contributed by atoms with Gasteiger partial charge in [-0.05, 0) is 24.2 Å². The summed E-state index contributed by atoms with van der Waals surface area (Å²) in [5, 5.41) is 0. The minimum Gasteiger partial charge on any atom is -0.0848 e. The molecule has 0 N–H and O–H groups in total. The molecule has 1 fully saturated rings. The van der Waals surface area contributed by atoms with Crippen molar-refractivity contribution in [1.82, 2.24) is 0 Å². The van der Waals surface area contributed by atoms with Crippen molar-refractivity contribution in [3.05, 3.63) is 12.2 Å². The first-order valence-corrected chi connectivity index (χ1v) is 3.06. The zero-order chi connectivity index (χ0) is 4.85. The van der Waals surface area contributed by atoms with Crippen LogP contribution in [0.4, 0.5) is 0 Å². The second-order valence-corrected chi connectivity index (χ2v) is 2.81. The largest absolute Gasteiger partial charge is 0.0848 e. The lowest BCUT2D eigenvalue weighted by Crippen LogP contribution is -2.25. The zero-order valence-corrected chi connectivity index (χ0v) is 4.59. The highest BCUT2D eigenvalue weighted by molar-refractivity contribution is 5.14. The molecule has 3 rings (SSSR count). The maximum atomic E-state index is 2.37. The Morgan fingerprint density at radius 3 is 2.00 bits per heavy atom. The molecule has 1 unspecified atom stereocenters. The van der Waals surface area contributed by atoms with Crippen LogP contribution in [0.1, 0.15) is 13.3 Å². The van der Waals surface area contributed by atoms with Gasteiger partial charge >= 0.3 is 0 Å². The van der Waals surface area contributed by atoms with Gasteiger partial charge in [0.25, 0.3) is 0 Å². The van der Waals surface area contributed by atoms with Crippen LogP contribution in [0.5, 0.6) is 0 Å². The molecule has 0 aromatic carbocycles. The molecule has 3 atom stereocenters. The standard InChI is InChI=1S/C7H10/c1-5-6-2-3-7(5)4-6/h2-3,5-7H,4H2,1H3/t5?,6-,7+. The highest BCUT2D eigenvalue weighted by Crippen LogP contribution is 2.47. The van der Waals surface area contributed by atoms with Gasteiger partial charge in [0.2, 0.25) is 0 Å². The lowest BCUT2D eigenvalue weighted by molar-refractivity contribution is 0.203. The molecule has 0 heterocycles. The van der Waals surface area contributed by atoms with Gasteiger partial charge in [-0.1, -0.05) is 19.1 Å². The summed E-state index contributed by atoms with van der Waals surface area (Å²) in [6.07, 6.45) is 6.20. The zero-order valence-electron chi connectivity index (χ0n) is 4.59. The summed E-state index contributed by atoms with van der Waals surface area (Å²) in [7, 11) is 0. The van der Waals surface area contributed by atoms with Crippen molar-refractivity contribution in [1.29, 1.82) is 0 Å². The third-order valence-electron chi connectivity index (χ3n) is 2.50. The molecule has 0 aromatic rings. The Morgan fingerprint density at radius 1 is 1.29 bits per heavy atom. The van der Waals surface area contributed by atoms with Crippen molar-refractivity contribution < 1.29 is 0 Å². The summed E-state index contributed by atoms with van der Waals surface area (Å²) in [6.45, 7) is 2.35. The molecule has 2 bridgehead atoms. The van der Waals surface area contributed by atoms with Crippen molar-refractivity contribution >= 4 is 0 Å². The number of allylic oxidation sites excluding steroid dienone is 2. The minimum atomic E-state index is 0.977. The normalized spacial score (nSPS) is 54.7. The van der Waals surface area contributed by atoms with Crippen LogP contribution in [-0.4, -0.2) is 0 Å². The number of rotatable bonds is 0. The fourth-order valence-electron chi connectivity index (χ4n) is 1.66. The average molecular weight is 94.2 g/mol. The van der Waals surface area contributed by atoms with E-state index < -0.39 is 0 Å². The summed E-state index contributed by atoms with van der Waals surface area (Å²) >= 11 is 0. The van der Waals surface area contributed by atoms with Gasteiger partial charge in [0.05, 0.1) is 0 Å². The van der Waals surface area contributed by atoms with Crippen LogP contribution in [0.15, 0.2) is 12.2 Å². The molecule has 0 aliphatic heterocycles. The predicted molar refractivity (Wildman–Crippen MR) is 29.9 cm³/mol. The van der Waals surface area contributed by atoms with E-state index in [1.54, 1.807) is 0 Å². The third kappa shape index (κ3) is 0.287. The molecule has 0 radical (unpaired) electrons. The van der Waals surface area contributed by atoms with Crippen molar-refractivity contribution in [2.75, 3.05) is 0 Å². The maximum Gasteiger partial charge on any atom is -0.0196 e. The fourth-order valence-corrected chi connectivity index (χ4v) is 1.66. The maximum absolute atomic E-state index is 2.37. The Morgan fingerprint density at radius 2 is 1.86 bits per heavy atom. The first-order chi connectivity index (χ1) is 3.38. The van der Waals surface area contributed by atoms with Gasteiger partial charge in [-0.2, -0.15) is 0 Å². The van der Waals surface area contributed by atoms with E-state index >= 15 is 0 Å². The highest BCUT2D eigenvalue weighted by Gasteiger charge is 2.38. The Kier molecular flexibility index (Phi) is 0.495. The minimum absolute atomic E-state index is 0.977. The summed E-state index contributed by atoms with van der Waals surface area (Å²) in [6, 6.07) is 0. The van der Waals surface area contributed by atoms with E-state index in [9.17, 15) is 0 Å². The molecule has 1 saturated carbocycles. The van der Waals surface area contributed by atoms with Crippen LogP contribution in [0.25, 0.3) is 0 Å². The van der Waals surface area contributed by atoms with Gasteiger partial charge in [-0.15, -0.1) is 0 Å². The first-order valence-electron chi connectivity index (χ1n) is 3.06. The van der Waals surface area contributed by atoms with Crippen LogP contribution < -0.4 is 0 Å². The smallest absolute Gasteiger partial charge is 0.0196 e. The van der Waals surface area contributed by atoms with Gasteiger partial charge in [0.1, 0.15) is 0 Å². The predicted octanol–water partition coefficient (Wildman–Crippen LogP) is 1.83. The second kappa shape index (κ2) is 0.936. The topological polar surface area (TPSA) is 0 Å². The average Bonchev–Trinajstić information content (AvgIpc) is 2.18. The van der Waals surface area contributed by atoms with Crippen molar-refractivity contribution in [3.8, 4) is 0 Å². The van der Waals surface area contributed by atoms with Gasteiger partial charge in [-0.3, -0.25) is 0 Å². The molecule has 38 valence electrons. The van der Waals surface area contributed by atoms with Crippen LogP contribution in [0.3, 0.4) is 0 Å². The van der Waals surface area contributed by atoms with Crippen LogP contribution >= 0.6 is 0 Å². The molecule has 3 aliphatic rings. The van der Waals surface area contributed by atoms with Crippen molar-refractivity contribution in [2.24, 2.45) is 17.8 Å². The monoisotopic (exact) mass is 94.1 g/mol. The third-order valence-corrected chi connectivity index (χ3v) is 2.50. The van der Waals surface area contributed by atoms with Crippen LogP contribution in [0.2, 0.25) is 0 Å². The van der Waals surface area contributed by atoms with Gasteiger partial charge in [-0.25, -0.2) is 0 Å². The molecular formula is C7H10. The molecule has 0 heteroatoms. The lowest BCUT2D eigenvalue weighted by atomic mass is 9.72. The van der Waals surface area contributed by atoms with Gasteiger partial charge in [0.15, 0.2) is 0 Å². The quantitative estimate of drug-likeness (QED) is 0.402. The van der Waals surface area contributed by atoms with Crippen molar-refractivity contribution in [2.45, 2.75) is 13.3 Å². The molecule has 7 heavy (non-hydrogen) atoms. The Labute approximate surface area is 44.2 Å². The van der Waals surface area contributed by atoms with E-state index in [0.717, 1.165) is 17.8 Å². The molecule has 0 saturated heterocycles. The SMILES string of the molecule is CC1[C@@H]2C=C[C@H]1C2. The molecule has 3 aliphatic carbocycles. The van der Waals surface area contributed by atoms with E-state index in [0.29, 0.717) is 0 Å². The molecule has 0 spiro atoms. The second-order valence-electron chi connectivity index (χ2n) is 2.81. The van der Waals surface area contributed by atoms with Crippen molar-refractivity contribution in [3.63, 3.8) is 0 Å². The van der Waals surface area contributed by atoms with E-state index in [-0.39, 0.29) is 0 Å². The summed E-state index contributed by atoms with van der Waals surface area (Å²) in [5.74, 6) is 2.95. The first kappa shape index (κ1) is 3.71. The summed E-state index contributed by atoms with van der Waals surface area (Å²) in [5.41, 5.74) is 0. The summed E-state index contributed by atoms with van der Waals surface area (Å²) < 4.78 is 0.